The third kappa shape index (κ3) is 5.36. The number of aromatic nitrogens is 2. The molecule has 2 N–H and O–H groups in total. The van der Waals surface area contributed by atoms with Gasteiger partial charge in [-0.05, 0) is 85.1 Å². The Morgan fingerprint density at radius 1 is 0.917 bits per heavy atom. The fourth-order valence-electron chi connectivity index (χ4n) is 3.91. The minimum Gasteiger partial charge on any atom is -0.457 e. The van der Waals surface area contributed by atoms with E-state index in [9.17, 15) is 4.79 Å². The molecular weight excluding hydrogens is 468 g/mol. The second-order valence-corrected chi connectivity index (χ2v) is 9.81. The lowest BCUT2D eigenvalue weighted by Crippen LogP contribution is -2.25. The average Bonchev–Trinajstić information content (AvgIpc) is 3.09. The van der Waals surface area contributed by atoms with Crippen LogP contribution in [0.1, 0.15) is 38.4 Å². The van der Waals surface area contributed by atoms with Gasteiger partial charge in [-0.15, -0.1) is 0 Å². The number of ether oxygens (including phenoxy) is 1. The SMILES string of the molecule is CCC(C)(C)c1ccc(Oc2ccc(NC(=S)Nc3c(C)n(C)n(-c4ccccc4)c3=O)cc2)cc1. The molecule has 0 unspecified atom stereocenters. The number of hydrogen-bond donors (Lipinski definition) is 2. The van der Waals surface area contributed by atoms with Gasteiger partial charge in [-0.2, -0.15) is 0 Å². The molecule has 7 heteroatoms. The van der Waals surface area contributed by atoms with Gasteiger partial charge in [-0.3, -0.25) is 9.48 Å². The zero-order valence-corrected chi connectivity index (χ0v) is 22.1. The number of thiocarbonyl (C=S) groups is 1. The van der Waals surface area contributed by atoms with Crippen LogP contribution < -0.4 is 20.9 Å². The van der Waals surface area contributed by atoms with E-state index >= 15 is 0 Å². The van der Waals surface area contributed by atoms with Gasteiger partial charge in [0, 0.05) is 12.7 Å². The second-order valence-electron chi connectivity index (χ2n) is 9.40. The van der Waals surface area contributed by atoms with Crippen molar-refractivity contribution in [2.45, 2.75) is 39.5 Å². The van der Waals surface area contributed by atoms with E-state index in [1.165, 1.54) is 5.56 Å². The molecule has 0 saturated heterocycles. The van der Waals surface area contributed by atoms with Crippen LogP contribution in [0, 0.1) is 6.92 Å². The maximum Gasteiger partial charge on any atom is 0.295 e. The van der Waals surface area contributed by atoms with Crippen LogP contribution in [0.4, 0.5) is 11.4 Å². The molecule has 0 atom stereocenters. The smallest absolute Gasteiger partial charge is 0.295 e. The second kappa shape index (κ2) is 10.4. The fraction of sp³-hybridized carbons (Fsp3) is 0.241. The third-order valence-electron chi connectivity index (χ3n) is 6.66. The maximum absolute atomic E-state index is 13.1. The van der Waals surface area contributed by atoms with E-state index in [-0.39, 0.29) is 11.0 Å². The van der Waals surface area contributed by atoms with E-state index in [0.717, 1.165) is 35.0 Å². The van der Waals surface area contributed by atoms with Crippen LogP contribution in [0.15, 0.2) is 83.7 Å². The molecule has 0 aliphatic heterocycles. The Hall–Kier alpha value is -3.84. The van der Waals surface area contributed by atoms with Crippen LogP contribution >= 0.6 is 12.2 Å². The largest absolute Gasteiger partial charge is 0.457 e. The Kier molecular flexibility index (Phi) is 7.31. The highest BCUT2D eigenvalue weighted by Gasteiger charge is 2.18. The Labute approximate surface area is 217 Å². The number of nitrogens with one attached hydrogen (secondary N) is 2. The van der Waals surface area contributed by atoms with Gasteiger partial charge in [0.25, 0.3) is 5.56 Å². The molecule has 186 valence electrons. The van der Waals surface area contributed by atoms with Crippen molar-refractivity contribution in [3.05, 3.63) is 100 Å². The molecular formula is C29H32N4O2S. The van der Waals surface area contributed by atoms with Crippen molar-refractivity contribution in [2.75, 3.05) is 10.6 Å². The highest BCUT2D eigenvalue weighted by atomic mass is 32.1. The number of rotatable bonds is 7. The van der Waals surface area contributed by atoms with Gasteiger partial charge in [0.05, 0.1) is 11.4 Å². The van der Waals surface area contributed by atoms with Gasteiger partial charge in [-0.25, -0.2) is 4.68 Å². The zero-order chi connectivity index (χ0) is 25.9. The van der Waals surface area contributed by atoms with Gasteiger partial charge in [-0.1, -0.05) is 51.1 Å². The Morgan fingerprint density at radius 3 is 2.08 bits per heavy atom. The first-order valence-corrected chi connectivity index (χ1v) is 12.4. The molecule has 4 rings (SSSR count). The highest BCUT2D eigenvalue weighted by molar-refractivity contribution is 7.80. The summed E-state index contributed by atoms with van der Waals surface area (Å²) in [7, 11) is 1.85. The lowest BCUT2D eigenvalue weighted by atomic mass is 9.82. The van der Waals surface area contributed by atoms with Crippen LogP contribution in [-0.4, -0.2) is 14.5 Å². The minimum atomic E-state index is -0.164. The minimum absolute atomic E-state index is 0.144. The van der Waals surface area contributed by atoms with Crippen LogP contribution in [0.3, 0.4) is 0 Å². The fourth-order valence-corrected chi connectivity index (χ4v) is 4.13. The number of hydrogen-bond acceptors (Lipinski definition) is 3. The van der Waals surface area contributed by atoms with E-state index in [0.29, 0.717) is 10.8 Å². The van der Waals surface area contributed by atoms with E-state index < -0.39 is 0 Å². The van der Waals surface area contributed by atoms with Gasteiger partial charge in [0.2, 0.25) is 0 Å². The van der Waals surface area contributed by atoms with Gasteiger partial charge in [0.15, 0.2) is 5.11 Å². The number of para-hydroxylation sites is 1. The molecule has 1 heterocycles. The van der Waals surface area contributed by atoms with E-state index in [4.69, 9.17) is 17.0 Å². The summed E-state index contributed by atoms with van der Waals surface area (Å²) in [4.78, 5) is 13.1. The molecule has 0 radical (unpaired) electrons. The van der Waals surface area contributed by atoms with E-state index in [1.54, 1.807) is 4.68 Å². The van der Waals surface area contributed by atoms with Crippen molar-refractivity contribution >= 4 is 28.7 Å². The Bertz CT molecular complexity index is 1400. The van der Waals surface area contributed by atoms with E-state index in [1.807, 2.05) is 85.4 Å². The topological polar surface area (TPSA) is 60.2 Å². The standard InChI is InChI=1S/C29H32N4O2S/c1-6-29(3,4)21-12-16-24(17-13-21)35-25-18-14-22(15-19-25)30-28(36)31-26-20(2)32(5)33(27(26)34)23-10-8-7-9-11-23/h7-19H,6H2,1-5H3,(H2,30,31,36). The number of anilines is 2. The summed E-state index contributed by atoms with van der Waals surface area (Å²) in [5, 5.41) is 6.55. The zero-order valence-electron chi connectivity index (χ0n) is 21.3. The monoisotopic (exact) mass is 500 g/mol. The van der Waals surface area contributed by atoms with Crippen LogP contribution in [0.5, 0.6) is 11.5 Å². The number of benzene rings is 3. The molecule has 0 aliphatic carbocycles. The molecule has 1 aromatic heterocycles. The van der Waals surface area contributed by atoms with Crippen molar-refractivity contribution in [2.24, 2.45) is 7.05 Å². The molecule has 0 bridgehead atoms. The summed E-state index contributed by atoms with van der Waals surface area (Å²) in [6, 6.07) is 25.3. The molecule has 0 aliphatic rings. The van der Waals surface area contributed by atoms with E-state index in [2.05, 4.69) is 43.5 Å². The first-order valence-electron chi connectivity index (χ1n) is 12.0. The van der Waals surface area contributed by atoms with Gasteiger partial charge >= 0.3 is 0 Å². The highest BCUT2D eigenvalue weighted by Crippen LogP contribution is 2.30. The predicted molar refractivity (Wildman–Crippen MR) is 152 cm³/mol. The molecule has 6 nitrogen and oxygen atoms in total. The quantitative estimate of drug-likeness (QED) is 0.274. The molecule has 4 aromatic rings. The van der Waals surface area contributed by atoms with Gasteiger partial charge in [0.1, 0.15) is 17.2 Å². The normalized spacial score (nSPS) is 11.2. The molecule has 3 aromatic carbocycles. The van der Waals surface area contributed by atoms with Crippen molar-refractivity contribution in [1.82, 2.24) is 9.36 Å². The summed E-state index contributed by atoms with van der Waals surface area (Å²) in [6.07, 6.45) is 1.07. The number of nitrogens with zero attached hydrogens (tertiary/aromatic N) is 2. The lowest BCUT2D eigenvalue weighted by molar-refractivity contribution is 0.478. The van der Waals surface area contributed by atoms with Crippen molar-refractivity contribution in [1.29, 1.82) is 0 Å². The maximum atomic E-state index is 13.1. The molecule has 0 fully saturated rings. The third-order valence-corrected chi connectivity index (χ3v) is 6.86. The van der Waals surface area contributed by atoms with Crippen LogP contribution in [0.2, 0.25) is 0 Å². The first kappa shape index (κ1) is 25.3. The predicted octanol–water partition coefficient (Wildman–Crippen LogP) is 6.77. The van der Waals surface area contributed by atoms with Crippen molar-refractivity contribution < 1.29 is 4.74 Å². The Morgan fingerprint density at radius 2 is 1.50 bits per heavy atom. The van der Waals surface area contributed by atoms with Crippen molar-refractivity contribution in [3.63, 3.8) is 0 Å². The summed E-state index contributed by atoms with van der Waals surface area (Å²) < 4.78 is 9.42. The van der Waals surface area contributed by atoms with Crippen LogP contribution in [-0.2, 0) is 12.5 Å². The van der Waals surface area contributed by atoms with Crippen LogP contribution in [0.25, 0.3) is 5.69 Å². The first-order chi connectivity index (χ1) is 17.2. The summed E-state index contributed by atoms with van der Waals surface area (Å²) in [6.45, 7) is 8.56. The average molecular weight is 501 g/mol. The molecule has 0 amide bonds. The lowest BCUT2D eigenvalue weighted by Gasteiger charge is -2.23. The van der Waals surface area contributed by atoms with Gasteiger partial charge < -0.3 is 15.4 Å². The summed E-state index contributed by atoms with van der Waals surface area (Å²) >= 11 is 5.49. The molecule has 36 heavy (non-hydrogen) atoms. The van der Waals surface area contributed by atoms with Crippen molar-refractivity contribution in [3.8, 4) is 17.2 Å². The summed E-state index contributed by atoms with van der Waals surface area (Å²) in [5.41, 5.74) is 4.07. The Balaban J connectivity index is 1.41. The summed E-state index contributed by atoms with van der Waals surface area (Å²) in [5.74, 6) is 1.52. The molecule has 0 spiro atoms. The molecule has 0 saturated carbocycles.